The summed E-state index contributed by atoms with van der Waals surface area (Å²) in [5.74, 6) is -0.437. The zero-order valence-electron chi connectivity index (χ0n) is 11.2. The molecule has 2 N–H and O–H groups in total. The van der Waals surface area contributed by atoms with Gasteiger partial charge in [-0.25, -0.2) is 8.78 Å². The Morgan fingerprint density at radius 3 is 2.50 bits per heavy atom. The first-order chi connectivity index (χ1) is 9.63. The van der Waals surface area contributed by atoms with Crippen molar-refractivity contribution in [3.8, 4) is 0 Å². The Labute approximate surface area is 122 Å². The van der Waals surface area contributed by atoms with Crippen molar-refractivity contribution in [3.63, 3.8) is 0 Å². The summed E-state index contributed by atoms with van der Waals surface area (Å²) in [7, 11) is 0. The van der Waals surface area contributed by atoms with E-state index in [1.165, 1.54) is 30.7 Å². The van der Waals surface area contributed by atoms with Gasteiger partial charge in [-0.2, -0.15) is 0 Å². The lowest BCUT2D eigenvalue weighted by molar-refractivity contribution is 0.157. The van der Waals surface area contributed by atoms with Gasteiger partial charge in [-0.3, -0.25) is 0 Å². The SMILES string of the molecule is OCC(CSc1ccc(F)c(F)c1)(NC1CC1)C1CC1. The molecule has 5 heteroatoms. The van der Waals surface area contributed by atoms with Crippen LogP contribution in [0.2, 0.25) is 0 Å². The summed E-state index contributed by atoms with van der Waals surface area (Å²) in [6.07, 6.45) is 4.62. The Morgan fingerprint density at radius 1 is 1.20 bits per heavy atom. The molecule has 1 unspecified atom stereocenters. The molecule has 20 heavy (non-hydrogen) atoms. The van der Waals surface area contributed by atoms with Crippen LogP contribution in [0.1, 0.15) is 25.7 Å². The molecule has 2 saturated carbocycles. The molecule has 1 aromatic carbocycles. The van der Waals surface area contributed by atoms with Crippen LogP contribution in [0.4, 0.5) is 8.78 Å². The molecule has 2 aliphatic carbocycles. The number of thioether (sulfide) groups is 1. The Bertz CT molecular complexity index is 491. The van der Waals surface area contributed by atoms with Crippen LogP contribution in [0, 0.1) is 17.6 Å². The van der Waals surface area contributed by atoms with Crippen LogP contribution in [0.3, 0.4) is 0 Å². The first kappa shape index (κ1) is 14.3. The minimum atomic E-state index is -0.818. The number of hydrogen-bond donors (Lipinski definition) is 2. The van der Waals surface area contributed by atoms with Crippen LogP contribution < -0.4 is 5.32 Å². The van der Waals surface area contributed by atoms with Crippen LogP contribution in [0.15, 0.2) is 23.1 Å². The standard InChI is InChI=1S/C15H19F2NOS/c16-13-6-5-12(7-14(13)17)20-9-15(8-19,10-1-2-10)18-11-3-4-11/h5-7,10-11,18-19H,1-4,8-9H2. The number of aliphatic hydroxyl groups excluding tert-OH is 1. The minimum Gasteiger partial charge on any atom is -0.394 e. The van der Waals surface area contributed by atoms with E-state index in [2.05, 4.69) is 5.32 Å². The molecular weight excluding hydrogens is 280 g/mol. The normalized spacial score (nSPS) is 21.8. The quantitative estimate of drug-likeness (QED) is 0.759. The van der Waals surface area contributed by atoms with Crippen molar-refractivity contribution in [2.45, 2.75) is 42.2 Å². The molecule has 0 aromatic heterocycles. The highest BCUT2D eigenvalue weighted by Crippen LogP contribution is 2.43. The number of nitrogens with one attached hydrogen (secondary N) is 1. The average Bonchev–Trinajstić information content (AvgIpc) is 3.31. The minimum absolute atomic E-state index is 0.102. The van der Waals surface area contributed by atoms with Crippen molar-refractivity contribution >= 4 is 11.8 Å². The van der Waals surface area contributed by atoms with Gasteiger partial charge in [-0.1, -0.05) is 0 Å². The summed E-state index contributed by atoms with van der Waals surface area (Å²) in [5.41, 5.74) is -0.267. The number of rotatable bonds is 7. The van der Waals surface area contributed by atoms with Crippen LogP contribution in [-0.2, 0) is 0 Å². The first-order valence-corrected chi connectivity index (χ1v) is 8.08. The molecule has 0 amide bonds. The summed E-state index contributed by atoms with van der Waals surface area (Å²) in [6, 6.07) is 4.50. The Kier molecular flexibility index (Phi) is 4.02. The summed E-state index contributed by atoms with van der Waals surface area (Å²) in [5, 5.41) is 13.4. The molecule has 0 saturated heterocycles. The molecule has 0 bridgehead atoms. The molecule has 2 fully saturated rings. The van der Waals surface area contributed by atoms with E-state index in [9.17, 15) is 13.9 Å². The summed E-state index contributed by atoms with van der Waals surface area (Å²) in [6.45, 7) is 0.102. The highest BCUT2D eigenvalue weighted by Gasteiger charge is 2.47. The molecule has 0 heterocycles. The molecule has 2 aliphatic rings. The maximum atomic E-state index is 13.2. The first-order valence-electron chi connectivity index (χ1n) is 7.09. The molecule has 0 aliphatic heterocycles. The maximum Gasteiger partial charge on any atom is 0.159 e. The summed E-state index contributed by atoms with van der Waals surface area (Å²) in [4.78, 5) is 0.708. The summed E-state index contributed by atoms with van der Waals surface area (Å²) < 4.78 is 26.1. The van der Waals surface area contributed by atoms with Gasteiger partial charge in [-0.15, -0.1) is 11.8 Å². The second kappa shape index (κ2) is 5.62. The second-order valence-corrected chi connectivity index (χ2v) is 6.92. The fourth-order valence-corrected chi connectivity index (χ4v) is 3.73. The van der Waals surface area contributed by atoms with Crippen molar-refractivity contribution in [3.05, 3.63) is 29.8 Å². The van der Waals surface area contributed by atoms with Crippen molar-refractivity contribution in [1.82, 2.24) is 5.32 Å². The smallest absolute Gasteiger partial charge is 0.159 e. The lowest BCUT2D eigenvalue weighted by Gasteiger charge is -2.33. The van der Waals surface area contributed by atoms with Crippen molar-refractivity contribution in [1.29, 1.82) is 0 Å². The van der Waals surface area contributed by atoms with Crippen LogP contribution in [-0.4, -0.2) is 29.0 Å². The molecule has 110 valence electrons. The zero-order chi connectivity index (χ0) is 14.2. The molecule has 0 spiro atoms. The fraction of sp³-hybridized carbons (Fsp3) is 0.600. The predicted molar refractivity (Wildman–Crippen MR) is 75.8 cm³/mol. The summed E-state index contributed by atoms with van der Waals surface area (Å²) >= 11 is 1.48. The second-order valence-electron chi connectivity index (χ2n) is 5.87. The third-order valence-corrected chi connectivity index (χ3v) is 5.34. The lowest BCUT2D eigenvalue weighted by Crippen LogP contribution is -2.53. The van der Waals surface area contributed by atoms with E-state index >= 15 is 0 Å². The molecule has 1 aromatic rings. The van der Waals surface area contributed by atoms with Crippen LogP contribution >= 0.6 is 11.8 Å². The Balaban J connectivity index is 1.67. The molecule has 2 nitrogen and oxygen atoms in total. The number of benzene rings is 1. The zero-order valence-corrected chi connectivity index (χ0v) is 12.1. The average molecular weight is 299 g/mol. The van der Waals surface area contributed by atoms with Gasteiger partial charge in [0.1, 0.15) is 0 Å². The van der Waals surface area contributed by atoms with Gasteiger partial charge >= 0.3 is 0 Å². The topological polar surface area (TPSA) is 32.3 Å². The highest BCUT2D eigenvalue weighted by molar-refractivity contribution is 7.99. The third kappa shape index (κ3) is 3.15. The maximum absolute atomic E-state index is 13.2. The van der Waals surface area contributed by atoms with Gasteiger partial charge in [0, 0.05) is 16.7 Å². The van der Waals surface area contributed by atoms with E-state index < -0.39 is 11.6 Å². The van der Waals surface area contributed by atoms with Crippen molar-refractivity contribution in [2.24, 2.45) is 5.92 Å². The van der Waals surface area contributed by atoms with Gasteiger partial charge in [0.2, 0.25) is 0 Å². The lowest BCUT2D eigenvalue weighted by atomic mass is 9.96. The van der Waals surface area contributed by atoms with E-state index in [0.717, 1.165) is 18.9 Å². The van der Waals surface area contributed by atoms with Gasteiger partial charge in [-0.05, 0) is 49.8 Å². The Morgan fingerprint density at radius 2 is 1.95 bits per heavy atom. The van der Waals surface area contributed by atoms with Gasteiger partial charge in [0.15, 0.2) is 11.6 Å². The predicted octanol–water partition coefficient (Wildman–Crippen LogP) is 2.95. The number of aliphatic hydroxyl groups is 1. The van der Waals surface area contributed by atoms with E-state index in [1.807, 2.05) is 0 Å². The van der Waals surface area contributed by atoms with Crippen LogP contribution in [0.5, 0.6) is 0 Å². The van der Waals surface area contributed by atoms with E-state index in [1.54, 1.807) is 6.07 Å². The van der Waals surface area contributed by atoms with Gasteiger partial charge < -0.3 is 10.4 Å². The van der Waals surface area contributed by atoms with Crippen LogP contribution in [0.25, 0.3) is 0 Å². The third-order valence-electron chi connectivity index (χ3n) is 4.10. The molecule has 0 radical (unpaired) electrons. The van der Waals surface area contributed by atoms with Gasteiger partial charge in [0.05, 0.1) is 12.1 Å². The highest BCUT2D eigenvalue weighted by atomic mass is 32.2. The molecule has 1 atom stereocenters. The van der Waals surface area contributed by atoms with Crippen molar-refractivity contribution in [2.75, 3.05) is 12.4 Å². The number of hydrogen-bond acceptors (Lipinski definition) is 3. The van der Waals surface area contributed by atoms with E-state index in [4.69, 9.17) is 0 Å². The monoisotopic (exact) mass is 299 g/mol. The fourth-order valence-electron chi connectivity index (χ4n) is 2.55. The van der Waals surface area contributed by atoms with Crippen molar-refractivity contribution < 1.29 is 13.9 Å². The van der Waals surface area contributed by atoms with E-state index in [0.29, 0.717) is 22.6 Å². The molecule has 3 rings (SSSR count). The Hall–Kier alpha value is -0.650. The number of halogens is 2. The van der Waals surface area contributed by atoms with E-state index in [-0.39, 0.29) is 12.1 Å². The van der Waals surface area contributed by atoms with Gasteiger partial charge in [0.25, 0.3) is 0 Å². The molecular formula is C15H19F2NOS. The largest absolute Gasteiger partial charge is 0.394 e.